The van der Waals surface area contributed by atoms with Crippen LogP contribution in [0.5, 0.6) is 11.5 Å². The van der Waals surface area contributed by atoms with Gasteiger partial charge in [0.1, 0.15) is 0 Å². The number of benzene rings is 1. The number of ether oxygens (including phenoxy) is 2. The number of hydrogen-bond acceptors (Lipinski definition) is 4. The first-order chi connectivity index (χ1) is 8.63. The average molecular weight is 332 g/mol. The third-order valence-electron chi connectivity index (χ3n) is 2.11. The lowest BCUT2D eigenvalue weighted by molar-refractivity contribution is 0.353. The van der Waals surface area contributed by atoms with Crippen molar-refractivity contribution in [2.45, 2.75) is 0 Å². The summed E-state index contributed by atoms with van der Waals surface area (Å²) in [6, 6.07) is 3.67. The summed E-state index contributed by atoms with van der Waals surface area (Å²) in [5.74, 6) is 1.28. The molecular weight excluding hydrogens is 318 g/mol. The zero-order valence-electron chi connectivity index (χ0n) is 10.3. The maximum Gasteiger partial charge on any atom is 0.186 e. The lowest BCUT2D eigenvalue weighted by Crippen LogP contribution is -2.28. The predicted molar refractivity (Wildman–Crippen MR) is 79.6 cm³/mol. The minimum absolute atomic E-state index is 0.447. The maximum atomic E-state index is 5.26. The minimum Gasteiger partial charge on any atom is -0.493 e. The fraction of sp³-hybridized carbons (Fsp3) is 0.273. The highest BCUT2D eigenvalue weighted by Gasteiger charge is 2.11. The quantitative estimate of drug-likeness (QED) is 0.501. The molecule has 0 saturated carbocycles. The van der Waals surface area contributed by atoms with Gasteiger partial charge < -0.3 is 14.8 Å². The van der Waals surface area contributed by atoms with Crippen molar-refractivity contribution in [1.82, 2.24) is 10.7 Å². The zero-order chi connectivity index (χ0) is 13.5. The number of rotatable bonds is 4. The highest BCUT2D eigenvalue weighted by molar-refractivity contribution is 9.10. The number of nitrogens with one attached hydrogen (secondary N) is 2. The molecule has 0 fully saturated rings. The van der Waals surface area contributed by atoms with Gasteiger partial charge in [-0.1, -0.05) is 0 Å². The van der Waals surface area contributed by atoms with Gasteiger partial charge in [-0.15, -0.1) is 0 Å². The molecule has 1 aromatic rings. The molecule has 98 valence electrons. The molecule has 0 spiro atoms. The predicted octanol–water partition coefficient (Wildman–Crippen LogP) is 1.89. The monoisotopic (exact) mass is 331 g/mol. The first-order valence-corrected chi connectivity index (χ1v) is 6.25. The lowest BCUT2D eigenvalue weighted by Gasteiger charge is -2.10. The third-order valence-corrected chi connectivity index (χ3v) is 3.23. The van der Waals surface area contributed by atoms with Crippen LogP contribution in [0, 0.1) is 0 Å². The minimum atomic E-state index is 0.447. The summed E-state index contributed by atoms with van der Waals surface area (Å²) in [6.45, 7) is 0. The van der Waals surface area contributed by atoms with Crippen molar-refractivity contribution in [3.8, 4) is 11.5 Å². The van der Waals surface area contributed by atoms with E-state index in [4.69, 9.17) is 21.7 Å². The zero-order valence-corrected chi connectivity index (χ0v) is 12.7. The average Bonchev–Trinajstić information content (AvgIpc) is 2.39. The molecule has 0 atom stereocenters. The van der Waals surface area contributed by atoms with Crippen molar-refractivity contribution >= 4 is 39.5 Å². The Morgan fingerprint density at radius 2 is 2.11 bits per heavy atom. The van der Waals surface area contributed by atoms with E-state index in [1.807, 2.05) is 6.07 Å². The summed E-state index contributed by atoms with van der Waals surface area (Å²) in [7, 11) is 4.89. The van der Waals surface area contributed by atoms with Crippen LogP contribution in [-0.2, 0) is 0 Å². The molecule has 0 aliphatic heterocycles. The molecule has 0 aliphatic carbocycles. The summed E-state index contributed by atoms with van der Waals surface area (Å²) < 4.78 is 11.2. The van der Waals surface area contributed by atoms with Gasteiger partial charge in [0.25, 0.3) is 0 Å². The Morgan fingerprint density at radius 3 is 2.67 bits per heavy atom. The molecule has 0 unspecified atom stereocenters. The van der Waals surface area contributed by atoms with E-state index in [0.29, 0.717) is 16.6 Å². The highest BCUT2D eigenvalue weighted by atomic mass is 79.9. The second-order valence-electron chi connectivity index (χ2n) is 3.15. The van der Waals surface area contributed by atoms with Crippen LogP contribution in [0.25, 0.3) is 0 Å². The Morgan fingerprint density at radius 1 is 1.39 bits per heavy atom. The van der Waals surface area contributed by atoms with E-state index < -0.39 is 0 Å². The molecule has 0 amide bonds. The fourth-order valence-electron chi connectivity index (χ4n) is 1.22. The van der Waals surface area contributed by atoms with Gasteiger partial charge in [0.05, 0.1) is 24.9 Å². The number of hydrazone groups is 1. The molecular formula is C11H14BrN3O2S. The molecule has 0 aromatic heterocycles. The summed E-state index contributed by atoms with van der Waals surface area (Å²) in [5, 5.41) is 7.20. The van der Waals surface area contributed by atoms with Crippen molar-refractivity contribution in [2.24, 2.45) is 5.10 Å². The third kappa shape index (κ3) is 3.58. The summed E-state index contributed by atoms with van der Waals surface area (Å²) in [5.41, 5.74) is 3.52. The van der Waals surface area contributed by atoms with Crippen LogP contribution < -0.4 is 20.2 Å². The molecule has 0 saturated heterocycles. The Kier molecular flexibility index (Phi) is 5.87. The van der Waals surface area contributed by atoms with Crippen LogP contribution in [0.2, 0.25) is 0 Å². The summed E-state index contributed by atoms with van der Waals surface area (Å²) in [4.78, 5) is 0. The smallest absolute Gasteiger partial charge is 0.186 e. The van der Waals surface area contributed by atoms with Crippen LogP contribution in [0.1, 0.15) is 5.56 Å². The van der Waals surface area contributed by atoms with E-state index in [1.54, 1.807) is 33.5 Å². The van der Waals surface area contributed by atoms with Gasteiger partial charge >= 0.3 is 0 Å². The lowest BCUT2D eigenvalue weighted by atomic mass is 10.2. The largest absolute Gasteiger partial charge is 0.493 e. The topological polar surface area (TPSA) is 54.9 Å². The number of methoxy groups -OCH3 is 2. The Labute approximate surface area is 120 Å². The van der Waals surface area contributed by atoms with Gasteiger partial charge in [-0.25, -0.2) is 0 Å². The summed E-state index contributed by atoms with van der Waals surface area (Å²) >= 11 is 8.34. The normalized spacial score (nSPS) is 10.2. The van der Waals surface area contributed by atoms with E-state index in [2.05, 4.69) is 31.8 Å². The van der Waals surface area contributed by atoms with Crippen LogP contribution >= 0.6 is 28.1 Å². The number of thiocarbonyl (C=S) groups is 1. The second-order valence-corrected chi connectivity index (χ2v) is 4.35. The second kappa shape index (κ2) is 7.17. The van der Waals surface area contributed by atoms with Gasteiger partial charge in [0, 0.05) is 12.6 Å². The Balaban J connectivity index is 2.94. The number of halogens is 1. The van der Waals surface area contributed by atoms with Gasteiger partial charge in [0.2, 0.25) is 0 Å². The first kappa shape index (κ1) is 14.7. The van der Waals surface area contributed by atoms with Gasteiger partial charge in [-0.3, -0.25) is 5.43 Å². The van der Waals surface area contributed by atoms with E-state index in [9.17, 15) is 0 Å². The van der Waals surface area contributed by atoms with E-state index in [0.717, 1.165) is 10.0 Å². The molecule has 2 N–H and O–H groups in total. The molecule has 7 heteroatoms. The van der Waals surface area contributed by atoms with Crippen molar-refractivity contribution < 1.29 is 9.47 Å². The number of hydrogen-bond donors (Lipinski definition) is 2. The molecule has 5 nitrogen and oxygen atoms in total. The molecule has 0 heterocycles. The van der Waals surface area contributed by atoms with Crippen molar-refractivity contribution in [1.29, 1.82) is 0 Å². The molecule has 0 bridgehead atoms. The van der Waals surface area contributed by atoms with Crippen molar-refractivity contribution in [3.63, 3.8) is 0 Å². The van der Waals surface area contributed by atoms with Crippen LogP contribution in [0.3, 0.4) is 0 Å². The Hall–Kier alpha value is -1.34. The van der Waals surface area contributed by atoms with Gasteiger partial charge in [-0.2, -0.15) is 5.10 Å². The summed E-state index contributed by atoms with van der Waals surface area (Å²) in [6.07, 6.45) is 1.63. The van der Waals surface area contributed by atoms with Crippen molar-refractivity contribution in [2.75, 3.05) is 21.3 Å². The SMILES string of the molecule is CNC(=S)N/N=C/c1ccc(OC)c(OC)c1Br. The van der Waals surface area contributed by atoms with Gasteiger partial charge in [-0.05, 0) is 40.3 Å². The van der Waals surface area contributed by atoms with Crippen molar-refractivity contribution in [3.05, 3.63) is 22.2 Å². The standard InChI is InChI=1S/C11H14BrN3O2S/c1-13-11(18)15-14-6-7-4-5-8(16-2)10(17-3)9(7)12/h4-6H,1-3H3,(H2,13,15,18)/b14-6+. The molecule has 0 radical (unpaired) electrons. The molecule has 1 aromatic carbocycles. The first-order valence-electron chi connectivity index (χ1n) is 5.05. The molecule has 1 rings (SSSR count). The van der Waals surface area contributed by atoms with E-state index >= 15 is 0 Å². The molecule has 0 aliphatic rings. The van der Waals surface area contributed by atoms with E-state index in [-0.39, 0.29) is 0 Å². The fourth-order valence-corrected chi connectivity index (χ4v) is 1.87. The highest BCUT2D eigenvalue weighted by Crippen LogP contribution is 2.36. The van der Waals surface area contributed by atoms with Crippen LogP contribution in [-0.4, -0.2) is 32.6 Å². The maximum absolute atomic E-state index is 5.26. The van der Waals surface area contributed by atoms with Gasteiger partial charge in [0.15, 0.2) is 16.6 Å². The van der Waals surface area contributed by atoms with E-state index in [1.165, 1.54) is 0 Å². The molecule has 18 heavy (non-hydrogen) atoms. The van der Waals surface area contributed by atoms with Crippen LogP contribution in [0.15, 0.2) is 21.7 Å². The Bertz CT molecular complexity index is 466. The number of nitrogens with zero attached hydrogens (tertiary/aromatic N) is 1. The van der Waals surface area contributed by atoms with Crippen LogP contribution in [0.4, 0.5) is 0 Å².